The van der Waals surface area contributed by atoms with Crippen LogP contribution in [0.4, 0.5) is 0 Å². The zero-order chi connectivity index (χ0) is 9.84. The van der Waals surface area contributed by atoms with E-state index in [9.17, 15) is 5.11 Å². The van der Waals surface area contributed by atoms with Crippen LogP contribution in [-0.4, -0.2) is 23.3 Å². The summed E-state index contributed by atoms with van der Waals surface area (Å²) in [6.07, 6.45) is 1.03. The van der Waals surface area contributed by atoms with Crippen molar-refractivity contribution < 1.29 is 9.84 Å². The Morgan fingerprint density at radius 3 is 2.85 bits per heavy atom. The van der Waals surface area contributed by atoms with Crippen LogP contribution in [0.5, 0.6) is 5.88 Å². The van der Waals surface area contributed by atoms with Crippen molar-refractivity contribution in [3.63, 3.8) is 0 Å². The molecule has 0 saturated heterocycles. The average molecular weight is 182 g/mol. The van der Waals surface area contributed by atoms with Crippen LogP contribution in [0, 0.1) is 0 Å². The van der Waals surface area contributed by atoms with Crippen LogP contribution in [-0.2, 0) is 0 Å². The van der Waals surface area contributed by atoms with Gasteiger partial charge >= 0.3 is 0 Å². The number of aromatic nitrogens is 1. The van der Waals surface area contributed by atoms with Crippen molar-refractivity contribution >= 4 is 0 Å². The Labute approximate surface area is 77.4 Å². The van der Waals surface area contributed by atoms with Gasteiger partial charge in [-0.3, -0.25) is 0 Å². The highest BCUT2D eigenvalue weighted by Gasteiger charge is 2.12. The molecule has 3 N–H and O–H groups in total. The maximum atomic E-state index is 9.25. The van der Waals surface area contributed by atoms with Crippen LogP contribution in [0.15, 0.2) is 18.3 Å². The largest absolute Gasteiger partial charge is 0.481 e. The monoisotopic (exact) mass is 182 g/mol. The molecule has 0 aliphatic heterocycles. The van der Waals surface area contributed by atoms with E-state index in [2.05, 4.69) is 4.98 Å². The van der Waals surface area contributed by atoms with Gasteiger partial charge in [0.25, 0.3) is 0 Å². The summed E-state index contributed by atoms with van der Waals surface area (Å²) in [6.45, 7) is 1.65. The van der Waals surface area contributed by atoms with Gasteiger partial charge in [-0.2, -0.15) is 0 Å². The van der Waals surface area contributed by atoms with Crippen molar-refractivity contribution in [1.29, 1.82) is 0 Å². The second-order valence-corrected chi connectivity index (χ2v) is 2.90. The molecule has 0 amide bonds. The molecule has 1 aromatic heterocycles. The van der Waals surface area contributed by atoms with Gasteiger partial charge in [-0.25, -0.2) is 4.98 Å². The molecular formula is C9H14N2O2. The number of hydrogen-bond donors (Lipinski definition) is 2. The van der Waals surface area contributed by atoms with Crippen LogP contribution in [0.25, 0.3) is 0 Å². The third kappa shape index (κ3) is 2.40. The summed E-state index contributed by atoms with van der Waals surface area (Å²) in [5, 5.41) is 9.25. The van der Waals surface area contributed by atoms with E-state index in [-0.39, 0.29) is 0 Å². The predicted molar refractivity (Wildman–Crippen MR) is 49.4 cm³/mol. The summed E-state index contributed by atoms with van der Waals surface area (Å²) in [6, 6.07) is 3.09. The molecule has 4 nitrogen and oxygen atoms in total. The Morgan fingerprint density at radius 1 is 1.62 bits per heavy atom. The number of aliphatic hydroxyl groups is 1. The highest BCUT2D eigenvalue weighted by Crippen LogP contribution is 2.17. The number of nitrogens with zero attached hydrogens (tertiary/aromatic N) is 1. The van der Waals surface area contributed by atoms with Crippen molar-refractivity contribution in [2.75, 3.05) is 7.11 Å². The van der Waals surface area contributed by atoms with E-state index in [0.29, 0.717) is 5.88 Å². The molecule has 0 spiro atoms. The summed E-state index contributed by atoms with van der Waals surface area (Å²) >= 11 is 0. The Bertz CT molecular complexity index is 276. The van der Waals surface area contributed by atoms with Gasteiger partial charge in [-0.05, 0) is 18.6 Å². The number of hydrogen-bond acceptors (Lipinski definition) is 4. The number of ether oxygens (including phenoxy) is 1. The fourth-order valence-electron chi connectivity index (χ4n) is 1.02. The minimum atomic E-state index is -0.577. The Kier molecular flexibility index (Phi) is 3.22. The van der Waals surface area contributed by atoms with Gasteiger partial charge in [0.15, 0.2) is 0 Å². The van der Waals surface area contributed by atoms with Gasteiger partial charge < -0.3 is 15.6 Å². The van der Waals surface area contributed by atoms with Crippen molar-refractivity contribution in [3.05, 3.63) is 23.9 Å². The number of aliphatic hydroxyl groups excluding tert-OH is 1. The first-order chi connectivity index (χ1) is 6.15. The second-order valence-electron chi connectivity index (χ2n) is 2.90. The van der Waals surface area contributed by atoms with Gasteiger partial charge in [0, 0.05) is 12.3 Å². The molecule has 0 radical (unpaired) electrons. The minimum absolute atomic E-state index is 0.392. The second kappa shape index (κ2) is 4.20. The van der Waals surface area contributed by atoms with Crippen LogP contribution in [0.2, 0.25) is 0 Å². The van der Waals surface area contributed by atoms with Gasteiger partial charge in [0.1, 0.15) is 0 Å². The van der Waals surface area contributed by atoms with E-state index < -0.39 is 12.1 Å². The molecule has 1 heterocycles. The van der Waals surface area contributed by atoms with E-state index in [1.165, 1.54) is 0 Å². The van der Waals surface area contributed by atoms with Crippen LogP contribution >= 0.6 is 0 Å². The van der Waals surface area contributed by atoms with Crippen molar-refractivity contribution in [2.24, 2.45) is 5.73 Å². The Morgan fingerprint density at radius 2 is 2.31 bits per heavy atom. The summed E-state index contributed by atoms with van der Waals surface area (Å²) < 4.78 is 4.94. The summed E-state index contributed by atoms with van der Waals surface area (Å²) in [7, 11) is 1.54. The SMILES string of the molecule is COc1cc([C@H](N)[C@H](C)O)ccn1. The van der Waals surface area contributed by atoms with Crippen LogP contribution in [0.3, 0.4) is 0 Å². The third-order valence-electron chi connectivity index (χ3n) is 1.87. The summed E-state index contributed by atoms with van der Waals surface area (Å²) in [5.74, 6) is 0.508. The highest BCUT2D eigenvalue weighted by molar-refractivity contribution is 5.23. The lowest BCUT2D eigenvalue weighted by Crippen LogP contribution is -2.23. The van der Waals surface area contributed by atoms with E-state index >= 15 is 0 Å². The van der Waals surface area contributed by atoms with Gasteiger partial charge in [-0.15, -0.1) is 0 Å². The zero-order valence-electron chi connectivity index (χ0n) is 7.77. The number of methoxy groups -OCH3 is 1. The molecule has 0 saturated carbocycles. The van der Waals surface area contributed by atoms with Crippen molar-refractivity contribution in [2.45, 2.75) is 19.1 Å². The van der Waals surface area contributed by atoms with Gasteiger partial charge in [0.2, 0.25) is 5.88 Å². The first-order valence-corrected chi connectivity index (χ1v) is 4.08. The molecule has 4 heteroatoms. The van der Waals surface area contributed by atoms with Crippen LogP contribution < -0.4 is 10.5 Å². The normalized spacial score (nSPS) is 15.1. The molecule has 0 aliphatic carbocycles. The Balaban J connectivity index is 2.88. The lowest BCUT2D eigenvalue weighted by Gasteiger charge is -2.14. The van der Waals surface area contributed by atoms with E-state index in [0.717, 1.165) is 5.56 Å². The lowest BCUT2D eigenvalue weighted by atomic mass is 10.1. The smallest absolute Gasteiger partial charge is 0.213 e. The van der Waals surface area contributed by atoms with E-state index in [1.54, 1.807) is 32.4 Å². The van der Waals surface area contributed by atoms with Crippen molar-refractivity contribution in [3.8, 4) is 5.88 Å². The van der Waals surface area contributed by atoms with E-state index in [4.69, 9.17) is 10.5 Å². The maximum absolute atomic E-state index is 9.25. The molecule has 0 fully saturated rings. The molecular weight excluding hydrogens is 168 g/mol. The number of pyridine rings is 1. The van der Waals surface area contributed by atoms with Crippen LogP contribution in [0.1, 0.15) is 18.5 Å². The fraction of sp³-hybridized carbons (Fsp3) is 0.444. The first kappa shape index (κ1) is 9.95. The number of nitrogens with two attached hydrogens (primary N) is 1. The predicted octanol–water partition coefficient (Wildman–Crippen LogP) is 0.471. The standard InChI is InChI=1S/C9H14N2O2/c1-6(12)9(10)7-3-4-11-8(5-7)13-2/h3-6,9,12H,10H2,1-2H3/t6-,9+/m0/s1. The highest BCUT2D eigenvalue weighted by atomic mass is 16.5. The third-order valence-corrected chi connectivity index (χ3v) is 1.87. The molecule has 0 aromatic carbocycles. The first-order valence-electron chi connectivity index (χ1n) is 4.08. The molecule has 72 valence electrons. The van der Waals surface area contributed by atoms with Gasteiger partial charge in [0.05, 0.1) is 19.3 Å². The fourth-order valence-corrected chi connectivity index (χ4v) is 1.02. The Hall–Kier alpha value is -1.13. The molecule has 0 unspecified atom stereocenters. The summed E-state index contributed by atoms with van der Waals surface area (Å²) in [5.41, 5.74) is 6.55. The number of rotatable bonds is 3. The zero-order valence-corrected chi connectivity index (χ0v) is 7.77. The molecule has 2 atom stereocenters. The maximum Gasteiger partial charge on any atom is 0.213 e. The molecule has 1 aromatic rings. The molecule has 1 rings (SSSR count). The lowest BCUT2D eigenvalue weighted by molar-refractivity contribution is 0.164. The minimum Gasteiger partial charge on any atom is -0.481 e. The molecule has 0 bridgehead atoms. The average Bonchev–Trinajstić information content (AvgIpc) is 2.16. The topological polar surface area (TPSA) is 68.4 Å². The quantitative estimate of drug-likeness (QED) is 0.713. The summed E-state index contributed by atoms with van der Waals surface area (Å²) in [4.78, 5) is 3.94. The van der Waals surface area contributed by atoms with Gasteiger partial charge in [-0.1, -0.05) is 0 Å². The molecule has 0 aliphatic rings. The van der Waals surface area contributed by atoms with Crippen molar-refractivity contribution in [1.82, 2.24) is 4.98 Å². The van der Waals surface area contributed by atoms with E-state index in [1.807, 2.05) is 0 Å². The molecule has 13 heavy (non-hydrogen) atoms.